The Morgan fingerprint density at radius 1 is 0.720 bits per heavy atom. The lowest BCUT2D eigenvalue weighted by Gasteiger charge is -2.40. The van der Waals surface area contributed by atoms with Crippen molar-refractivity contribution in [1.29, 1.82) is 0 Å². The Kier molecular flexibility index (Phi) is 5.49. The Hall–Kier alpha value is -1.64. The van der Waals surface area contributed by atoms with Crippen molar-refractivity contribution in [2.75, 3.05) is 19.6 Å². The van der Waals surface area contributed by atoms with Crippen LogP contribution in [0.3, 0.4) is 0 Å². The van der Waals surface area contributed by atoms with E-state index in [1.54, 1.807) is 0 Å². The van der Waals surface area contributed by atoms with Gasteiger partial charge in [-0.15, -0.1) is 0 Å². The number of benzene rings is 2. The molecule has 2 heterocycles. The summed E-state index contributed by atoms with van der Waals surface area (Å²) in [5, 5.41) is 0. The van der Waals surface area contributed by atoms with E-state index in [1.165, 1.54) is 62.9 Å². The van der Waals surface area contributed by atoms with Crippen molar-refractivity contribution in [3.8, 4) is 0 Å². The van der Waals surface area contributed by atoms with Crippen LogP contribution in [0.15, 0.2) is 60.7 Å². The van der Waals surface area contributed by atoms with Gasteiger partial charge < -0.3 is 0 Å². The molecule has 1 unspecified atom stereocenters. The lowest BCUT2D eigenvalue weighted by molar-refractivity contribution is 0.0408. The second kappa shape index (κ2) is 8.16. The van der Waals surface area contributed by atoms with Gasteiger partial charge in [0, 0.05) is 13.1 Å². The fraction of sp³-hybridized carbons (Fsp3) is 0.478. The third kappa shape index (κ3) is 4.31. The fourth-order valence-corrected chi connectivity index (χ4v) is 4.63. The maximum atomic E-state index is 2.76. The Morgan fingerprint density at radius 2 is 1.36 bits per heavy atom. The predicted molar refractivity (Wildman–Crippen MR) is 104 cm³/mol. The smallest absolute Gasteiger partial charge is 0.0625 e. The molecule has 4 rings (SSSR count). The Morgan fingerprint density at radius 3 is 2.04 bits per heavy atom. The average molecular weight is 335 g/mol. The second-order valence-corrected chi connectivity index (χ2v) is 7.75. The van der Waals surface area contributed by atoms with Gasteiger partial charge >= 0.3 is 0 Å². The van der Waals surface area contributed by atoms with Crippen molar-refractivity contribution in [3.63, 3.8) is 0 Å². The molecule has 2 nitrogen and oxygen atoms in total. The molecule has 2 saturated heterocycles. The van der Waals surface area contributed by atoms with Crippen molar-refractivity contribution in [3.05, 3.63) is 71.8 Å². The van der Waals surface area contributed by atoms with Gasteiger partial charge in [0.1, 0.15) is 0 Å². The van der Waals surface area contributed by atoms with Crippen LogP contribution >= 0.6 is 0 Å². The Labute approximate surface area is 152 Å². The Bertz CT molecular complexity index is 632. The van der Waals surface area contributed by atoms with Crippen molar-refractivity contribution < 1.29 is 0 Å². The van der Waals surface area contributed by atoms with E-state index in [1.807, 2.05) is 0 Å². The SMILES string of the molecule is c1ccc(CC2CCN(C3CCCN3Cc3ccccc3)CC2)cc1. The number of hydrogen-bond acceptors (Lipinski definition) is 2. The summed E-state index contributed by atoms with van der Waals surface area (Å²) in [5.74, 6) is 0.864. The normalized spacial score (nSPS) is 23.1. The first-order chi connectivity index (χ1) is 12.4. The molecule has 0 amide bonds. The van der Waals surface area contributed by atoms with E-state index in [0.717, 1.165) is 12.5 Å². The zero-order valence-corrected chi connectivity index (χ0v) is 15.2. The first kappa shape index (κ1) is 16.8. The number of hydrogen-bond donors (Lipinski definition) is 0. The fourth-order valence-electron chi connectivity index (χ4n) is 4.63. The van der Waals surface area contributed by atoms with Gasteiger partial charge in [-0.1, -0.05) is 60.7 Å². The topological polar surface area (TPSA) is 6.48 Å². The van der Waals surface area contributed by atoms with Gasteiger partial charge in [-0.25, -0.2) is 0 Å². The minimum atomic E-state index is 0.665. The highest BCUT2D eigenvalue weighted by atomic mass is 15.4. The molecule has 25 heavy (non-hydrogen) atoms. The Balaban J connectivity index is 1.30. The van der Waals surface area contributed by atoms with Gasteiger partial charge in [0.05, 0.1) is 6.17 Å². The molecule has 132 valence electrons. The molecule has 1 atom stereocenters. The third-order valence-corrected chi connectivity index (χ3v) is 6.00. The molecular formula is C23H30N2. The van der Waals surface area contributed by atoms with Gasteiger partial charge in [0.2, 0.25) is 0 Å². The van der Waals surface area contributed by atoms with Crippen molar-refractivity contribution in [2.45, 2.75) is 44.8 Å². The lowest BCUT2D eigenvalue weighted by Crippen LogP contribution is -2.48. The van der Waals surface area contributed by atoms with Crippen LogP contribution in [0, 0.1) is 5.92 Å². The van der Waals surface area contributed by atoms with Crippen LogP contribution in [0.4, 0.5) is 0 Å². The zero-order valence-electron chi connectivity index (χ0n) is 15.2. The molecule has 0 N–H and O–H groups in total. The first-order valence-corrected chi connectivity index (χ1v) is 9.94. The molecule has 0 spiro atoms. The lowest BCUT2D eigenvalue weighted by atomic mass is 9.90. The van der Waals surface area contributed by atoms with Crippen LogP contribution in [0.2, 0.25) is 0 Å². The van der Waals surface area contributed by atoms with E-state index in [4.69, 9.17) is 0 Å². The molecule has 0 saturated carbocycles. The first-order valence-electron chi connectivity index (χ1n) is 9.94. The maximum Gasteiger partial charge on any atom is 0.0625 e. The molecule has 2 aromatic carbocycles. The monoisotopic (exact) mass is 334 g/mol. The van der Waals surface area contributed by atoms with Crippen LogP contribution in [0.1, 0.15) is 36.8 Å². The molecule has 0 aromatic heterocycles. The minimum Gasteiger partial charge on any atom is -0.288 e. The summed E-state index contributed by atoms with van der Waals surface area (Å²) in [6, 6.07) is 22.0. The summed E-state index contributed by atoms with van der Waals surface area (Å²) in [4.78, 5) is 5.46. The molecule has 0 radical (unpaired) electrons. The largest absolute Gasteiger partial charge is 0.288 e. The van der Waals surface area contributed by atoms with E-state index >= 15 is 0 Å². The second-order valence-electron chi connectivity index (χ2n) is 7.75. The summed E-state index contributed by atoms with van der Waals surface area (Å²) >= 11 is 0. The van der Waals surface area contributed by atoms with Crippen molar-refractivity contribution in [1.82, 2.24) is 9.80 Å². The highest BCUT2D eigenvalue weighted by Gasteiger charge is 2.32. The van der Waals surface area contributed by atoms with E-state index < -0.39 is 0 Å². The third-order valence-electron chi connectivity index (χ3n) is 6.00. The van der Waals surface area contributed by atoms with Gasteiger partial charge in [-0.3, -0.25) is 9.80 Å². The van der Waals surface area contributed by atoms with Crippen molar-refractivity contribution in [2.24, 2.45) is 5.92 Å². The quantitative estimate of drug-likeness (QED) is 0.791. The zero-order chi connectivity index (χ0) is 16.9. The number of nitrogens with zero attached hydrogens (tertiary/aromatic N) is 2. The standard InChI is InChI=1S/C23H30N2/c1-3-8-20(9-4-1)18-21-13-16-24(17-14-21)23-12-7-15-25(23)19-22-10-5-2-6-11-22/h1-6,8-11,21,23H,7,12-19H2. The van der Waals surface area contributed by atoms with E-state index in [-0.39, 0.29) is 0 Å². The van der Waals surface area contributed by atoms with Gasteiger partial charge in [-0.2, -0.15) is 0 Å². The summed E-state index contributed by atoms with van der Waals surface area (Å²) in [5.41, 5.74) is 2.96. The molecule has 2 aliphatic rings. The van der Waals surface area contributed by atoms with Crippen LogP contribution in [0.25, 0.3) is 0 Å². The van der Waals surface area contributed by atoms with Crippen LogP contribution < -0.4 is 0 Å². The number of likely N-dealkylation sites (tertiary alicyclic amines) is 2. The van der Waals surface area contributed by atoms with Crippen molar-refractivity contribution >= 4 is 0 Å². The molecular weight excluding hydrogens is 304 g/mol. The average Bonchev–Trinajstić information content (AvgIpc) is 3.12. The molecule has 2 aliphatic heterocycles. The minimum absolute atomic E-state index is 0.665. The number of rotatable bonds is 5. The van der Waals surface area contributed by atoms with Gasteiger partial charge in [0.15, 0.2) is 0 Å². The molecule has 2 aromatic rings. The van der Waals surface area contributed by atoms with E-state index in [0.29, 0.717) is 6.17 Å². The molecule has 2 heteroatoms. The molecule has 2 fully saturated rings. The highest BCUT2D eigenvalue weighted by molar-refractivity contribution is 5.16. The summed E-state index contributed by atoms with van der Waals surface area (Å²) in [6.07, 6.45) is 7.32. The maximum absolute atomic E-state index is 2.76. The van der Waals surface area contributed by atoms with Crippen LogP contribution in [-0.4, -0.2) is 35.6 Å². The summed E-state index contributed by atoms with van der Waals surface area (Å²) in [6.45, 7) is 4.90. The van der Waals surface area contributed by atoms with E-state index in [2.05, 4.69) is 70.5 Å². The highest BCUT2D eigenvalue weighted by Crippen LogP contribution is 2.28. The summed E-state index contributed by atoms with van der Waals surface area (Å²) in [7, 11) is 0. The van der Waals surface area contributed by atoms with E-state index in [9.17, 15) is 0 Å². The van der Waals surface area contributed by atoms with Gasteiger partial charge in [0.25, 0.3) is 0 Å². The number of piperidine rings is 1. The van der Waals surface area contributed by atoms with Gasteiger partial charge in [-0.05, 0) is 62.2 Å². The molecule has 0 aliphatic carbocycles. The summed E-state index contributed by atoms with van der Waals surface area (Å²) < 4.78 is 0. The predicted octanol–water partition coefficient (Wildman–Crippen LogP) is 4.56. The van der Waals surface area contributed by atoms with Crippen LogP contribution in [-0.2, 0) is 13.0 Å². The van der Waals surface area contributed by atoms with Crippen LogP contribution in [0.5, 0.6) is 0 Å². The molecule has 0 bridgehead atoms.